The van der Waals surface area contributed by atoms with Crippen molar-refractivity contribution in [2.75, 3.05) is 33.4 Å². The molecule has 7 heteroatoms. The van der Waals surface area contributed by atoms with Crippen LogP contribution in [0.1, 0.15) is 68.7 Å². The maximum absolute atomic E-state index is 13.8. The maximum Gasteiger partial charge on any atom is 0.233 e. The number of carbonyl (C=O) groups is 1. The third-order valence-electron chi connectivity index (χ3n) is 7.47. The highest BCUT2D eigenvalue weighted by molar-refractivity contribution is 5.91. The predicted octanol–water partition coefficient (Wildman–Crippen LogP) is 3.66. The lowest BCUT2D eigenvalue weighted by molar-refractivity contribution is -0.133. The number of ether oxygens (including phenoxy) is 2. The number of benzene rings is 1. The van der Waals surface area contributed by atoms with Crippen molar-refractivity contribution in [3.8, 4) is 5.75 Å². The van der Waals surface area contributed by atoms with E-state index in [-0.39, 0.29) is 23.2 Å². The molecule has 7 nitrogen and oxygen atoms in total. The quantitative estimate of drug-likeness (QED) is 0.728. The average molecular weight is 426 g/mol. The number of hydrogen-bond donors (Lipinski definition) is 0. The zero-order chi connectivity index (χ0) is 21.6. The zero-order valence-electron chi connectivity index (χ0n) is 18.6. The summed E-state index contributed by atoms with van der Waals surface area (Å²) in [5.74, 6) is 2.64. The first-order chi connectivity index (χ1) is 15.0. The Kier molecular flexibility index (Phi) is 5.04. The minimum atomic E-state index is -0.397. The molecule has 31 heavy (non-hydrogen) atoms. The van der Waals surface area contributed by atoms with Crippen LogP contribution < -0.4 is 4.74 Å². The summed E-state index contributed by atoms with van der Waals surface area (Å²) in [5.41, 5.74) is 0.638. The van der Waals surface area contributed by atoms with Gasteiger partial charge in [-0.25, -0.2) is 0 Å². The monoisotopic (exact) mass is 425 g/mol. The van der Waals surface area contributed by atoms with Gasteiger partial charge in [-0.1, -0.05) is 26.0 Å². The van der Waals surface area contributed by atoms with Crippen molar-refractivity contribution in [1.29, 1.82) is 0 Å². The molecule has 2 aromatic rings. The molecule has 2 aliphatic heterocycles. The molecule has 3 aliphatic rings. The summed E-state index contributed by atoms with van der Waals surface area (Å²) < 4.78 is 17.0. The van der Waals surface area contributed by atoms with Crippen LogP contribution in [0.3, 0.4) is 0 Å². The van der Waals surface area contributed by atoms with E-state index < -0.39 is 5.41 Å². The van der Waals surface area contributed by atoms with Crippen LogP contribution in [0.5, 0.6) is 5.75 Å². The van der Waals surface area contributed by atoms with Gasteiger partial charge in [0.25, 0.3) is 0 Å². The van der Waals surface area contributed by atoms with Gasteiger partial charge >= 0.3 is 0 Å². The van der Waals surface area contributed by atoms with E-state index in [0.29, 0.717) is 31.5 Å². The molecule has 1 saturated carbocycles. The van der Waals surface area contributed by atoms with Crippen molar-refractivity contribution in [2.24, 2.45) is 5.41 Å². The molecule has 0 N–H and O–H groups in total. The van der Waals surface area contributed by atoms with Gasteiger partial charge in [-0.15, -0.1) is 10.2 Å². The zero-order valence-corrected chi connectivity index (χ0v) is 18.6. The largest absolute Gasteiger partial charge is 0.497 e. The van der Waals surface area contributed by atoms with Crippen molar-refractivity contribution >= 4 is 5.91 Å². The van der Waals surface area contributed by atoms with E-state index >= 15 is 0 Å². The molecule has 0 bridgehead atoms. The fourth-order valence-corrected chi connectivity index (χ4v) is 5.33. The van der Waals surface area contributed by atoms with Crippen LogP contribution in [-0.2, 0) is 14.9 Å². The third-order valence-corrected chi connectivity index (χ3v) is 7.47. The molecule has 0 radical (unpaired) electrons. The summed E-state index contributed by atoms with van der Waals surface area (Å²) in [6.07, 6.45) is 3.62. The fraction of sp³-hybridized carbons (Fsp3) is 0.625. The van der Waals surface area contributed by atoms with Gasteiger partial charge in [0.05, 0.1) is 18.4 Å². The standard InChI is InChI=1S/C24H31N3O4/c1-16(2)20-25-26-21(31-20)19-14-27(15-23(19)10-12-30-13-11-23)22(28)24(8-9-24)17-4-6-18(29-3)7-5-17/h4-7,16,19H,8-15H2,1-3H3. The van der Waals surface area contributed by atoms with Gasteiger partial charge in [-0.3, -0.25) is 4.79 Å². The van der Waals surface area contributed by atoms with E-state index in [1.165, 1.54) is 0 Å². The minimum Gasteiger partial charge on any atom is -0.497 e. The van der Waals surface area contributed by atoms with E-state index in [4.69, 9.17) is 13.9 Å². The van der Waals surface area contributed by atoms with Crippen LogP contribution in [0.25, 0.3) is 0 Å². The van der Waals surface area contributed by atoms with Crippen molar-refractivity contribution in [3.63, 3.8) is 0 Å². The molecule has 3 fully saturated rings. The number of nitrogens with zero attached hydrogens (tertiary/aromatic N) is 3. The number of likely N-dealkylation sites (tertiary alicyclic amines) is 1. The van der Waals surface area contributed by atoms with Crippen LogP contribution in [0, 0.1) is 5.41 Å². The van der Waals surface area contributed by atoms with Crippen molar-refractivity contribution in [3.05, 3.63) is 41.6 Å². The Balaban J connectivity index is 1.42. The summed E-state index contributed by atoms with van der Waals surface area (Å²) in [7, 11) is 1.66. The van der Waals surface area contributed by atoms with E-state index in [1.54, 1.807) is 7.11 Å². The molecule has 166 valence electrons. The summed E-state index contributed by atoms with van der Waals surface area (Å²) in [4.78, 5) is 15.9. The van der Waals surface area contributed by atoms with E-state index in [1.807, 2.05) is 24.3 Å². The Hall–Kier alpha value is -2.41. The molecule has 2 saturated heterocycles. The molecule has 1 unspecified atom stereocenters. The second-order valence-corrected chi connectivity index (χ2v) is 9.66. The Bertz CT molecular complexity index is 942. The van der Waals surface area contributed by atoms with E-state index in [2.05, 4.69) is 28.9 Å². The second kappa shape index (κ2) is 7.62. The van der Waals surface area contributed by atoms with Gasteiger partial charge in [0.2, 0.25) is 17.7 Å². The van der Waals surface area contributed by atoms with Gasteiger partial charge in [-0.2, -0.15) is 0 Å². The van der Waals surface area contributed by atoms with Gasteiger partial charge in [0.15, 0.2) is 0 Å². The lowest BCUT2D eigenvalue weighted by Gasteiger charge is -2.36. The molecular formula is C24H31N3O4. The number of hydrogen-bond acceptors (Lipinski definition) is 6. The maximum atomic E-state index is 13.8. The number of amides is 1. The molecule has 3 heterocycles. The predicted molar refractivity (Wildman–Crippen MR) is 114 cm³/mol. The third kappa shape index (κ3) is 3.43. The normalized spacial score (nSPS) is 24.0. The van der Waals surface area contributed by atoms with Crippen molar-refractivity contribution in [2.45, 2.75) is 56.8 Å². The molecule has 1 spiro atoms. The highest BCUT2D eigenvalue weighted by atomic mass is 16.5. The van der Waals surface area contributed by atoms with Crippen LogP contribution in [0.15, 0.2) is 28.7 Å². The molecule has 1 aromatic heterocycles. The van der Waals surface area contributed by atoms with Gasteiger partial charge in [0, 0.05) is 37.6 Å². The second-order valence-electron chi connectivity index (χ2n) is 9.66. The summed E-state index contributed by atoms with van der Waals surface area (Å²) in [6, 6.07) is 7.96. The molecular weight excluding hydrogens is 394 g/mol. The summed E-state index contributed by atoms with van der Waals surface area (Å²) in [5, 5.41) is 8.68. The van der Waals surface area contributed by atoms with Crippen LogP contribution in [0.2, 0.25) is 0 Å². The average Bonchev–Trinajstić information content (AvgIpc) is 3.31. The minimum absolute atomic E-state index is 0.0509. The van der Waals surface area contributed by atoms with Crippen molar-refractivity contribution < 1.29 is 18.7 Å². The number of rotatable bonds is 5. The molecule has 1 aromatic carbocycles. The Morgan fingerprint density at radius 3 is 2.42 bits per heavy atom. The van der Waals surface area contributed by atoms with Gasteiger partial charge in [-0.05, 0) is 43.4 Å². The lowest BCUT2D eigenvalue weighted by atomic mass is 9.72. The molecule has 1 amide bonds. The topological polar surface area (TPSA) is 77.7 Å². The highest BCUT2D eigenvalue weighted by Gasteiger charge is 2.58. The first-order valence-electron chi connectivity index (χ1n) is 11.3. The number of methoxy groups -OCH3 is 1. The molecule has 5 rings (SSSR count). The fourth-order valence-electron chi connectivity index (χ4n) is 5.33. The number of aromatic nitrogens is 2. The van der Waals surface area contributed by atoms with Crippen LogP contribution in [-0.4, -0.2) is 54.4 Å². The Morgan fingerprint density at radius 2 is 1.84 bits per heavy atom. The first-order valence-corrected chi connectivity index (χ1v) is 11.3. The summed E-state index contributed by atoms with van der Waals surface area (Å²) >= 11 is 0. The van der Waals surface area contributed by atoms with Crippen LogP contribution in [0.4, 0.5) is 0 Å². The molecule has 1 atom stereocenters. The van der Waals surface area contributed by atoms with Gasteiger partial charge in [0.1, 0.15) is 5.75 Å². The van der Waals surface area contributed by atoms with Crippen molar-refractivity contribution in [1.82, 2.24) is 15.1 Å². The van der Waals surface area contributed by atoms with Crippen LogP contribution >= 0.6 is 0 Å². The van der Waals surface area contributed by atoms with E-state index in [9.17, 15) is 4.79 Å². The summed E-state index contributed by atoms with van der Waals surface area (Å²) in [6.45, 7) is 6.91. The first kappa shape index (κ1) is 20.5. The van der Waals surface area contributed by atoms with E-state index in [0.717, 1.165) is 43.5 Å². The Labute approximate surface area is 183 Å². The lowest BCUT2D eigenvalue weighted by Crippen LogP contribution is -2.40. The smallest absolute Gasteiger partial charge is 0.233 e. The highest BCUT2D eigenvalue weighted by Crippen LogP contribution is 2.54. The SMILES string of the molecule is COc1ccc(C2(C(=O)N3CC(c4nnc(C(C)C)o4)C4(CCOCC4)C3)CC2)cc1. The Morgan fingerprint density at radius 1 is 1.13 bits per heavy atom. The number of carbonyl (C=O) groups excluding carboxylic acids is 1. The molecule has 1 aliphatic carbocycles. The van der Waals surface area contributed by atoms with Gasteiger partial charge < -0.3 is 18.8 Å².